The Morgan fingerprint density at radius 2 is 1.79 bits per heavy atom. The van der Waals surface area contributed by atoms with Crippen LogP contribution in [0.15, 0.2) is 24.3 Å². The van der Waals surface area contributed by atoms with Crippen molar-refractivity contribution >= 4 is 11.6 Å². The summed E-state index contributed by atoms with van der Waals surface area (Å²) < 4.78 is 0. The first-order valence-corrected chi connectivity index (χ1v) is 6.32. The lowest BCUT2D eigenvalue weighted by Gasteiger charge is -2.26. The first kappa shape index (κ1) is 13.1. The quantitative estimate of drug-likeness (QED) is 0.813. The Hall–Kier alpha value is -2.33. The van der Waals surface area contributed by atoms with Crippen LogP contribution in [0.2, 0.25) is 0 Å². The van der Waals surface area contributed by atoms with Crippen LogP contribution in [0.25, 0.3) is 0 Å². The fourth-order valence-electron chi connectivity index (χ4n) is 2.55. The molecule has 0 saturated heterocycles. The topological polar surface area (TPSA) is 67.9 Å². The van der Waals surface area contributed by atoms with Crippen molar-refractivity contribution in [3.8, 4) is 12.1 Å². The van der Waals surface area contributed by atoms with Gasteiger partial charge in [-0.05, 0) is 37.1 Å². The number of amides is 1. The van der Waals surface area contributed by atoms with E-state index in [-0.39, 0.29) is 5.91 Å². The summed E-state index contributed by atoms with van der Waals surface area (Å²) in [5.41, 5.74) is 0.411. The van der Waals surface area contributed by atoms with Crippen LogP contribution in [-0.2, 0) is 4.79 Å². The molecule has 4 nitrogen and oxygen atoms in total. The lowest BCUT2D eigenvalue weighted by Crippen LogP contribution is -2.39. The molecule has 1 aliphatic rings. The molecular formula is C15H15N3O. The van der Waals surface area contributed by atoms with Gasteiger partial charge in [0, 0.05) is 12.7 Å². The van der Waals surface area contributed by atoms with E-state index < -0.39 is 5.41 Å². The highest BCUT2D eigenvalue weighted by molar-refractivity contribution is 5.99. The lowest BCUT2D eigenvalue weighted by atomic mass is 9.86. The van der Waals surface area contributed by atoms with Crippen molar-refractivity contribution in [2.45, 2.75) is 25.7 Å². The first-order valence-electron chi connectivity index (χ1n) is 6.32. The minimum atomic E-state index is -0.858. The molecule has 0 bridgehead atoms. The lowest BCUT2D eigenvalue weighted by molar-refractivity contribution is -0.124. The zero-order valence-electron chi connectivity index (χ0n) is 10.9. The number of benzene rings is 1. The Bertz CT molecular complexity index is 557. The summed E-state index contributed by atoms with van der Waals surface area (Å²) in [4.78, 5) is 14.0. The molecule has 0 atom stereocenters. The third-order valence-electron chi connectivity index (χ3n) is 3.77. The smallest absolute Gasteiger partial charge is 0.247 e. The first-order chi connectivity index (χ1) is 9.13. The Morgan fingerprint density at radius 3 is 2.26 bits per heavy atom. The molecule has 1 amide bonds. The van der Waals surface area contributed by atoms with Crippen LogP contribution in [0.1, 0.15) is 31.2 Å². The molecule has 0 aliphatic heterocycles. The van der Waals surface area contributed by atoms with Gasteiger partial charge in [-0.15, -0.1) is 0 Å². The van der Waals surface area contributed by atoms with Crippen LogP contribution in [-0.4, -0.2) is 13.0 Å². The number of rotatable bonds is 2. The number of carbonyl (C=O) groups is 1. The van der Waals surface area contributed by atoms with E-state index in [2.05, 4.69) is 6.07 Å². The Balaban J connectivity index is 2.23. The zero-order chi connectivity index (χ0) is 13.9. The predicted molar refractivity (Wildman–Crippen MR) is 71.1 cm³/mol. The van der Waals surface area contributed by atoms with Crippen molar-refractivity contribution in [1.29, 1.82) is 10.5 Å². The maximum atomic E-state index is 12.5. The molecule has 0 aromatic heterocycles. The highest BCUT2D eigenvalue weighted by Crippen LogP contribution is 2.39. The molecular weight excluding hydrogens is 238 g/mol. The minimum absolute atomic E-state index is 0.141. The number of carbonyl (C=O) groups excluding carboxylic acids is 1. The summed E-state index contributed by atoms with van der Waals surface area (Å²) in [7, 11) is 1.68. The van der Waals surface area contributed by atoms with Gasteiger partial charge in [0.2, 0.25) is 5.91 Å². The van der Waals surface area contributed by atoms with Crippen LogP contribution in [0.5, 0.6) is 0 Å². The monoisotopic (exact) mass is 253 g/mol. The molecule has 0 radical (unpaired) electrons. The van der Waals surface area contributed by atoms with E-state index in [0.29, 0.717) is 24.1 Å². The molecule has 2 rings (SSSR count). The second-order valence-corrected chi connectivity index (χ2v) is 4.92. The normalized spacial score (nSPS) is 16.4. The summed E-state index contributed by atoms with van der Waals surface area (Å²) >= 11 is 0. The van der Waals surface area contributed by atoms with Gasteiger partial charge >= 0.3 is 0 Å². The fourth-order valence-corrected chi connectivity index (χ4v) is 2.55. The molecule has 0 N–H and O–H groups in total. The van der Waals surface area contributed by atoms with Gasteiger partial charge in [0.15, 0.2) is 0 Å². The molecule has 1 aliphatic carbocycles. The van der Waals surface area contributed by atoms with Gasteiger partial charge in [-0.1, -0.05) is 12.8 Å². The summed E-state index contributed by atoms with van der Waals surface area (Å²) in [6.45, 7) is 0. The Labute approximate surface area is 112 Å². The van der Waals surface area contributed by atoms with Gasteiger partial charge in [0.05, 0.1) is 17.7 Å². The molecule has 0 unspecified atom stereocenters. The standard InChI is InChI=1S/C15H15N3O/c1-18(13-6-4-12(10-16)5-7-13)14(19)15(11-17)8-2-3-9-15/h4-7H,2-3,8-9H2,1H3. The number of nitrogens with zero attached hydrogens (tertiary/aromatic N) is 3. The van der Waals surface area contributed by atoms with Crippen molar-refractivity contribution in [3.05, 3.63) is 29.8 Å². The second kappa shape index (κ2) is 5.12. The molecule has 4 heteroatoms. The number of anilines is 1. The van der Waals surface area contributed by atoms with Crippen molar-refractivity contribution in [2.75, 3.05) is 11.9 Å². The van der Waals surface area contributed by atoms with Gasteiger partial charge in [-0.3, -0.25) is 4.79 Å². The Kier molecular flexibility index (Phi) is 3.53. The molecule has 1 fully saturated rings. The fraction of sp³-hybridized carbons (Fsp3) is 0.400. The highest BCUT2D eigenvalue weighted by atomic mass is 16.2. The van der Waals surface area contributed by atoms with Gasteiger partial charge < -0.3 is 4.90 Å². The molecule has 0 heterocycles. The van der Waals surface area contributed by atoms with Crippen molar-refractivity contribution in [2.24, 2.45) is 5.41 Å². The summed E-state index contributed by atoms with van der Waals surface area (Å²) in [6.07, 6.45) is 3.15. The molecule has 1 aromatic rings. The molecule has 1 aromatic carbocycles. The highest BCUT2D eigenvalue weighted by Gasteiger charge is 2.43. The van der Waals surface area contributed by atoms with Crippen molar-refractivity contribution in [1.82, 2.24) is 0 Å². The Morgan fingerprint density at radius 1 is 1.21 bits per heavy atom. The van der Waals surface area contributed by atoms with E-state index in [9.17, 15) is 10.1 Å². The number of hydrogen-bond donors (Lipinski definition) is 0. The summed E-state index contributed by atoms with van der Waals surface area (Å²) in [6, 6.07) is 11.1. The van der Waals surface area contributed by atoms with Gasteiger partial charge in [-0.2, -0.15) is 10.5 Å². The van der Waals surface area contributed by atoms with E-state index in [1.165, 1.54) is 4.90 Å². The van der Waals surface area contributed by atoms with Crippen LogP contribution in [0, 0.1) is 28.1 Å². The molecule has 96 valence electrons. The maximum absolute atomic E-state index is 12.5. The third kappa shape index (κ3) is 2.30. The van der Waals surface area contributed by atoms with Crippen molar-refractivity contribution < 1.29 is 4.79 Å². The van der Waals surface area contributed by atoms with Gasteiger partial charge in [-0.25, -0.2) is 0 Å². The summed E-state index contributed by atoms with van der Waals surface area (Å²) in [5.74, 6) is -0.141. The SMILES string of the molecule is CN(C(=O)C1(C#N)CCCC1)c1ccc(C#N)cc1. The third-order valence-corrected chi connectivity index (χ3v) is 3.77. The van der Waals surface area contributed by atoms with Gasteiger partial charge in [0.25, 0.3) is 0 Å². The van der Waals surface area contributed by atoms with Crippen LogP contribution in [0.3, 0.4) is 0 Å². The summed E-state index contributed by atoms with van der Waals surface area (Å²) in [5, 5.41) is 18.1. The minimum Gasteiger partial charge on any atom is -0.314 e. The van der Waals surface area contributed by atoms with Crippen LogP contribution in [0.4, 0.5) is 5.69 Å². The van der Waals surface area contributed by atoms with Gasteiger partial charge in [0.1, 0.15) is 5.41 Å². The average molecular weight is 253 g/mol. The van der Waals surface area contributed by atoms with E-state index >= 15 is 0 Å². The van der Waals surface area contributed by atoms with E-state index in [1.54, 1.807) is 31.3 Å². The number of hydrogen-bond acceptors (Lipinski definition) is 3. The largest absolute Gasteiger partial charge is 0.314 e. The molecule has 19 heavy (non-hydrogen) atoms. The van der Waals surface area contributed by atoms with E-state index in [1.807, 2.05) is 6.07 Å². The van der Waals surface area contributed by atoms with E-state index in [0.717, 1.165) is 12.8 Å². The van der Waals surface area contributed by atoms with Crippen LogP contribution >= 0.6 is 0 Å². The van der Waals surface area contributed by atoms with Crippen molar-refractivity contribution in [3.63, 3.8) is 0 Å². The average Bonchev–Trinajstić information content (AvgIpc) is 2.96. The predicted octanol–water partition coefficient (Wildman–Crippen LogP) is 2.61. The second-order valence-electron chi connectivity index (χ2n) is 4.92. The number of nitriles is 2. The van der Waals surface area contributed by atoms with Crippen LogP contribution < -0.4 is 4.90 Å². The zero-order valence-corrected chi connectivity index (χ0v) is 10.9. The molecule has 1 saturated carbocycles. The maximum Gasteiger partial charge on any atom is 0.247 e. The molecule has 0 spiro atoms. The van der Waals surface area contributed by atoms with E-state index in [4.69, 9.17) is 5.26 Å².